The van der Waals surface area contributed by atoms with Gasteiger partial charge in [-0.05, 0) is 31.2 Å². The highest BCUT2D eigenvalue weighted by atomic mass is 35.5. The molecule has 0 heterocycles. The topological polar surface area (TPSA) is 30.5 Å². The van der Waals surface area contributed by atoms with Crippen molar-refractivity contribution >= 4 is 11.6 Å². The number of methoxy groups -OCH3 is 1. The van der Waals surface area contributed by atoms with Crippen LogP contribution in [0.25, 0.3) is 0 Å². The lowest BCUT2D eigenvalue weighted by Gasteiger charge is -2.43. The number of benzene rings is 1. The Morgan fingerprint density at radius 1 is 1.47 bits per heavy atom. The van der Waals surface area contributed by atoms with Crippen LogP contribution in [-0.4, -0.2) is 31.9 Å². The second kappa shape index (κ2) is 6.55. The van der Waals surface area contributed by atoms with Gasteiger partial charge in [0.15, 0.2) is 0 Å². The zero-order chi connectivity index (χ0) is 13.8. The highest BCUT2D eigenvalue weighted by Gasteiger charge is 2.43. The lowest BCUT2D eigenvalue weighted by atomic mass is 9.85. The maximum atomic E-state index is 13.0. The minimum absolute atomic E-state index is 0.00710. The van der Waals surface area contributed by atoms with Crippen LogP contribution in [0.1, 0.15) is 19.8 Å². The monoisotopic (exact) mass is 287 g/mol. The summed E-state index contributed by atoms with van der Waals surface area (Å²) >= 11 is 5.94. The van der Waals surface area contributed by atoms with E-state index in [1.165, 1.54) is 12.1 Å². The minimum Gasteiger partial charge on any atom is -0.486 e. The van der Waals surface area contributed by atoms with E-state index in [-0.39, 0.29) is 18.0 Å². The summed E-state index contributed by atoms with van der Waals surface area (Å²) in [4.78, 5) is 0. The molecule has 106 valence electrons. The summed E-state index contributed by atoms with van der Waals surface area (Å²) in [6.07, 6.45) is 1.92. The van der Waals surface area contributed by atoms with E-state index in [9.17, 15) is 4.39 Å². The molecule has 1 aromatic carbocycles. The Bertz CT molecular complexity index is 430. The van der Waals surface area contributed by atoms with E-state index in [1.807, 2.05) is 0 Å². The van der Waals surface area contributed by atoms with E-state index in [0.29, 0.717) is 16.8 Å². The van der Waals surface area contributed by atoms with Crippen LogP contribution in [0, 0.1) is 5.82 Å². The smallest absolute Gasteiger partial charge is 0.138 e. The molecule has 5 heteroatoms. The summed E-state index contributed by atoms with van der Waals surface area (Å²) in [6, 6.07) is 4.46. The van der Waals surface area contributed by atoms with Crippen LogP contribution in [0.15, 0.2) is 18.2 Å². The molecule has 19 heavy (non-hydrogen) atoms. The Kier molecular flexibility index (Phi) is 5.02. The van der Waals surface area contributed by atoms with Crippen molar-refractivity contribution in [1.82, 2.24) is 5.32 Å². The standard InChI is InChI=1S/C14H19ClFNO2/c1-3-6-17-11-8-13(14(11)18-2)19-12-5-4-9(16)7-10(12)15/h4-5,7,11,13-14,17H,3,6,8H2,1-2H3. The zero-order valence-corrected chi connectivity index (χ0v) is 11.9. The summed E-state index contributed by atoms with van der Waals surface area (Å²) in [6.45, 7) is 3.09. The van der Waals surface area contributed by atoms with Crippen molar-refractivity contribution in [3.05, 3.63) is 29.0 Å². The normalized spacial score (nSPS) is 26.0. The fraction of sp³-hybridized carbons (Fsp3) is 0.571. The molecule has 0 amide bonds. The predicted molar refractivity (Wildman–Crippen MR) is 73.3 cm³/mol. The Balaban J connectivity index is 1.93. The minimum atomic E-state index is -0.364. The molecule has 0 saturated heterocycles. The molecule has 1 aliphatic rings. The predicted octanol–water partition coefficient (Wildman–Crippen LogP) is 3.01. The molecular formula is C14H19ClFNO2. The molecule has 1 N–H and O–H groups in total. The quantitative estimate of drug-likeness (QED) is 0.872. The van der Waals surface area contributed by atoms with E-state index < -0.39 is 0 Å². The number of nitrogens with one attached hydrogen (secondary N) is 1. The van der Waals surface area contributed by atoms with Crippen LogP contribution >= 0.6 is 11.6 Å². The third kappa shape index (κ3) is 3.38. The lowest BCUT2D eigenvalue weighted by Crippen LogP contribution is -2.61. The third-order valence-corrected chi connectivity index (χ3v) is 3.65. The van der Waals surface area contributed by atoms with Gasteiger partial charge in [-0.25, -0.2) is 4.39 Å². The van der Waals surface area contributed by atoms with Gasteiger partial charge >= 0.3 is 0 Å². The van der Waals surface area contributed by atoms with Crippen molar-refractivity contribution in [3.8, 4) is 5.75 Å². The van der Waals surface area contributed by atoms with Crippen molar-refractivity contribution in [2.24, 2.45) is 0 Å². The van der Waals surface area contributed by atoms with Gasteiger partial charge in [0.05, 0.1) is 5.02 Å². The van der Waals surface area contributed by atoms with Gasteiger partial charge in [-0.1, -0.05) is 18.5 Å². The molecule has 3 nitrogen and oxygen atoms in total. The summed E-state index contributed by atoms with van der Waals surface area (Å²) in [5.41, 5.74) is 0. The van der Waals surface area contributed by atoms with Crippen LogP contribution < -0.4 is 10.1 Å². The van der Waals surface area contributed by atoms with Crippen LogP contribution in [0.2, 0.25) is 5.02 Å². The first-order valence-corrected chi connectivity index (χ1v) is 6.91. The van der Waals surface area contributed by atoms with Gasteiger partial charge in [0.2, 0.25) is 0 Å². The summed E-state index contributed by atoms with van der Waals surface area (Å²) in [7, 11) is 1.67. The van der Waals surface area contributed by atoms with Gasteiger partial charge in [-0.15, -0.1) is 0 Å². The van der Waals surface area contributed by atoms with Gasteiger partial charge in [0.25, 0.3) is 0 Å². The molecule has 3 atom stereocenters. The molecule has 1 saturated carbocycles. The Morgan fingerprint density at radius 2 is 2.26 bits per heavy atom. The zero-order valence-electron chi connectivity index (χ0n) is 11.2. The Labute approximate surface area is 118 Å². The van der Waals surface area contributed by atoms with Gasteiger partial charge < -0.3 is 14.8 Å². The molecule has 1 aliphatic carbocycles. The van der Waals surface area contributed by atoms with Gasteiger partial charge in [0.1, 0.15) is 23.8 Å². The molecule has 2 rings (SSSR count). The molecule has 0 bridgehead atoms. The van der Waals surface area contributed by atoms with E-state index >= 15 is 0 Å². The first-order chi connectivity index (χ1) is 9.15. The molecule has 0 aromatic heterocycles. The average molecular weight is 288 g/mol. The van der Waals surface area contributed by atoms with Crippen LogP contribution in [0.3, 0.4) is 0 Å². The number of hydrogen-bond donors (Lipinski definition) is 1. The summed E-state index contributed by atoms with van der Waals surface area (Å²) < 4.78 is 24.2. The number of hydrogen-bond acceptors (Lipinski definition) is 3. The summed E-state index contributed by atoms with van der Waals surface area (Å²) in [5.74, 6) is 0.140. The van der Waals surface area contributed by atoms with Crippen molar-refractivity contribution in [3.63, 3.8) is 0 Å². The van der Waals surface area contributed by atoms with Crippen LogP contribution in [-0.2, 0) is 4.74 Å². The van der Waals surface area contributed by atoms with Gasteiger partial charge in [-0.2, -0.15) is 0 Å². The number of ether oxygens (including phenoxy) is 2. The van der Waals surface area contributed by atoms with E-state index in [2.05, 4.69) is 12.2 Å². The van der Waals surface area contributed by atoms with Crippen molar-refractivity contribution < 1.29 is 13.9 Å². The van der Waals surface area contributed by atoms with Crippen molar-refractivity contribution in [2.75, 3.05) is 13.7 Å². The van der Waals surface area contributed by atoms with Crippen molar-refractivity contribution in [2.45, 2.75) is 38.0 Å². The second-order valence-electron chi connectivity index (χ2n) is 4.73. The fourth-order valence-electron chi connectivity index (χ4n) is 2.28. The molecule has 3 unspecified atom stereocenters. The molecule has 1 fully saturated rings. The van der Waals surface area contributed by atoms with Crippen LogP contribution in [0.4, 0.5) is 4.39 Å². The van der Waals surface area contributed by atoms with E-state index in [4.69, 9.17) is 21.1 Å². The first-order valence-electron chi connectivity index (χ1n) is 6.53. The maximum absolute atomic E-state index is 13.0. The SMILES string of the molecule is CCCNC1CC(Oc2ccc(F)cc2Cl)C1OC. The van der Waals surface area contributed by atoms with Crippen LogP contribution in [0.5, 0.6) is 5.75 Å². The number of rotatable bonds is 6. The van der Waals surface area contributed by atoms with Gasteiger partial charge in [-0.3, -0.25) is 0 Å². The van der Waals surface area contributed by atoms with Gasteiger partial charge in [0, 0.05) is 19.6 Å². The molecular weight excluding hydrogens is 269 g/mol. The van der Waals surface area contributed by atoms with E-state index in [0.717, 1.165) is 19.4 Å². The molecule has 0 radical (unpaired) electrons. The third-order valence-electron chi connectivity index (χ3n) is 3.35. The highest BCUT2D eigenvalue weighted by molar-refractivity contribution is 6.32. The van der Waals surface area contributed by atoms with E-state index in [1.54, 1.807) is 13.2 Å². The molecule has 0 aliphatic heterocycles. The fourth-order valence-corrected chi connectivity index (χ4v) is 2.49. The maximum Gasteiger partial charge on any atom is 0.138 e. The van der Waals surface area contributed by atoms with Crippen molar-refractivity contribution in [1.29, 1.82) is 0 Å². The Morgan fingerprint density at radius 3 is 2.89 bits per heavy atom. The molecule has 0 spiro atoms. The largest absolute Gasteiger partial charge is 0.486 e. The summed E-state index contributed by atoms with van der Waals surface area (Å²) in [5, 5.41) is 3.70. The Hall–Kier alpha value is -0.840. The lowest BCUT2D eigenvalue weighted by molar-refractivity contribution is -0.0886. The number of halogens is 2. The average Bonchev–Trinajstić information content (AvgIpc) is 2.35. The highest BCUT2D eigenvalue weighted by Crippen LogP contribution is 2.32. The first kappa shape index (κ1) is 14.6. The molecule has 1 aromatic rings. The second-order valence-corrected chi connectivity index (χ2v) is 5.13.